The molecule has 0 aliphatic carbocycles. The number of aromatic carboxylic acids is 1. The van der Waals surface area contributed by atoms with E-state index >= 15 is 0 Å². The quantitative estimate of drug-likeness (QED) is 0.614. The van der Waals surface area contributed by atoms with Gasteiger partial charge in [-0.15, -0.1) is 0 Å². The van der Waals surface area contributed by atoms with Gasteiger partial charge in [0.15, 0.2) is 17.4 Å². The summed E-state index contributed by atoms with van der Waals surface area (Å²) in [5.41, 5.74) is 1.84. The average molecular weight is 417 g/mol. The lowest BCUT2D eigenvalue weighted by atomic mass is 10.0. The summed E-state index contributed by atoms with van der Waals surface area (Å²) in [6, 6.07) is 16.3. The molecule has 0 unspecified atom stereocenters. The molecule has 0 radical (unpaired) electrons. The lowest BCUT2D eigenvalue weighted by Gasteiger charge is -2.28. The number of carbonyl (C=O) groups is 3. The lowest BCUT2D eigenvalue weighted by Crippen LogP contribution is -2.41. The van der Waals surface area contributed by atoms with E-state index in [4.69, 9.17) is 9.84 Å². The molecule has 0 atom stereocenters. The lowest BCUT2D eigenvalue weighted by molar-refractivity contribution is 0.0696. The van der Waals surface area contributed by atoms with Crippen molar-refractivity contribution in [3.63, 3.8) is 0 Å². The Hall–Kier alpha value is -4.20. The minimum Gasteiger partial charge on any atom is -0.488 e. The maximum absolute atomic E-state index is 12.7. The zero-order valence-electron chi connectivity index (χ0n) is 16.4. The van der Waals surface area contributed by atoms with E-state index in [-0.39, 0.29) is 23.8 Å². The van der Waals surface area contributed by atoms with Crippen LogP contribution in [0.5, 0.6) is 5.75 Å². The second-order valence-corrected chi connectivity index (χ2v) is 6.94. The smallest absolute Gasteiger partial charge is 0.335 e. The minimum atomic E-state index is -1.05. The molecule has 1 aromatic heterocycles. The van der Waals surface area contributed by atoms with E-state index in [0.717, 1.165) is 0 Å². The Bertz CT molecular complexity index is 1130. The molecule has 1 aliphatic heterocycles. The van der Waals surface area contributed by atoms with Gasteiger partial charge in [0, 0.05) is 23.9 Å². The number of para-hydroxylation sites is 1. The number of benzene rings is 2. The van der Waals surface area contributed by atoms with Gasteiger partial charge >= 0.3 is 12.0 Å². The van der Waals surface area contributed by atoms with Crippen molar-refractivity contribution < 1.29 is 24.2 Å². The number of ketones is 1. The summed E-state index contributed by atoms with van der Waals surface area (Å²) >= 11 is 0. The number of Topliss-reactive ketones (excluding diaryl/α,β-unsaturated/α-hetero) is 1. The molecule has 156 valence electrons. The standard InChI is InChI=1S/C23H19N3O5/c27-19(16-6-8-17(9-7-16)22(28)29)12-15-13-20-21(24-14-15)26(10-11-31-20)23(30)25-18-4-2-1-3-5-18/h1-9,13-14H,10-12H2,(H,25,30)(H,28,29). The Kier molecular flexibility index (Phi) is 5.61. The van der Waals surface area contributed by atoms with Gasteiger partial charge in [-0.3, -0.25) is 9.69 Å². The van der Waals surface area contributed by atoms with Crippen LogP contribution in [0, 0.1) is 0 Å². The summed E-state index contributed by atoms with van der Waals surface area (Å²) in [4.78, 5) is 42.0. The zero-order valence-corrected chi connectivity index (χ0v) is 16.4. The fourth-order valence-corrected chi connectivity index (χ4v) is 3.23. The number of ether oxygens (including phenoxy) is 1. The first kappa shape index (κ1) is 20.1. The number of pyridine rings is 1. The van der Waals surface area contributed by atoms with Crippen LogP contribution in [0.3, 0.4) is 0 Å². The molecule has 4 rings (SSSR count). The number of carboxylic acids is 1. The van der Waals surface area contributed by atoms with Gasteiger partial charge in [0.05, 0.1) is 12.1 Å². The molecular formula is C23H19N3O5. The average Bonchev–Trinajstić information content (AvgIpc) is 2.79. The monoisotopic (exact) mass is 417 g/mol. The number of amides is 2. The molecule has 0 bridgehead atoms. The van der Waals surface area contributed by atoms with Crippen LogP contribution in [-0.4, -0.2) is 41.0 Å². The van der Waals surface area contributed by atoms with Gasteiger partial charge in [-0.25, -0.2) is 14.6 Å². The third kappa shape index (κ3) is 4.53. The van der Waals surface area contributed by atoms with E-state index < -0.39 is 5.97 Å². The highest BCUT2D eigenvalue weighted by atomic mass is 16.5. The molecule has 1 aliphatic rings. The van der Waals surface area contributed by atoms with E-state index in [0.29, 0.717) is 41.5 Å². The molecule has 2 N–H and O–H groups in total. The number of hydrogen-bond acceptors (Lipinski definition) is 5. The number of rotatable bonds is 5. The van der Waals surface area contributed by atoms with Crippen molar-refractivity contribution in [3.8, 4) is 5.75 Å². The third-order valence-electron chi connectivity index (χ3n) is 4.81. The van der Waals surface area contributed by atoms with Gasteiger partial charge < -0.3 is 15.2 Å². The minimum absolute atomic E-state index is 0.0757. The van der Waals surface area contributed by atoms with Crippen LogP contribution in [0.15, 0.2) is 66.9 Å². The summed E-state index contributed by atoms with van der Waals surface area (Å²) in [7, 11) is 0. The van der Waals surface area contributed by atoms with E-state index in [1.807, 2.05) is 18.2 Å². The Morgan fingerprint density at radius 3 is 2.45 bits per heavy atom. The van der Waals surface area contributed by atoms with Crippen molar-refractivity contribution in [1.82, 2.24) is 4.98 Å². The topological polar surface area (TPSA) is 109 Å². The molecule has 0 fully saturated rings. The van der Waals surface area contributed by atoms with Gasteiger partial charge in [-0.05, 0) is 35.9 Å². The number of fused-ring (bicyclic) bond motifs is 1. The Balaban J connectivity index is 1.48. The largest absolute Gasteiger partial charge is 0.488 e. The summed E-state index contributed by atoms with van der Waals surface area (Å²) in [5.74, 6) is -0.397. The normalized spacial score (nSPS) is 12.5. The molecule has 2 amide bonds. The number of anilines is 2. The molecule has 8 heteroatoms. The molecule has 0 saturated heterocycles. The first-order valence-corrected chi connectivity index (χ1v) is 9.63. The van der Waals surface area contributed by atoms with Gasteiger partial charge in [0.1, 0.15) is 6.61 Å². The van der Waals surface area contributed by atoms with E-state index in [9.17, 15) is 14.4 Å². The van der Waals surface area contributed by atoms with Gasteiger partial charge in [-0.2, -0.15) is 0 Å². The van der Waals surface area contributed by atoms with Gasteiger partial charge in [-0.1, -0.05) is 30.3 Å². The summed E-state index contributed by atoms with van der Waals surface area (Å²) in [6.07, 6.45) is 1.62. The highest BCUT2D eigenvalue weighted by Crippen LogP contribution is 2.31. The van der Waals surface area contributed by atoms with Gasteiger partial charge in [0.2, 0.25) is 0 Å². The van der Waals surface area contributed by atoms with Crippen molar-refractivity contribution >= 4 is 29.3 Å². The van der Waals surface area contributed by atoms with Crippen molar-refractivity contribution in [3.05, 3.63) is 83.6 Å². The first-order chi connectivity index (χ1) is 15.0. The molecular weight excluding hydrogens is 398 g/mol. The van der Waals surface area contributed by atoms with Crippen molar-refractivity contribution in [2.24, 2.45) is 0 Å². The van der Waals surface area contributed by atoms with E-state index in [1.54, 1.807) is 24.4 Å². The molecule has 0 spiro atoms. The third-order valence-corrected chi connectivity index (χ3v) is 4.81. The highest BCUT2D eigenvalue weighted by Gasteiger charge is 2.26. The second kappa shape index (κ2) is 8.66. The maximum Gasteiger partial charge on any atom is 0.335 e. The van der Waals surface area contributed by atoms with Crippen molar-refractivity contribution in [2.75, 3.05) is 23.4 Å². The van der Waals surface area contributed by atoms with Crippen LogP contribution >= 0.6 is 0 Å². The number of nitrogens with one attached hydrogen (secondary N) is 1. The summed E-state index contributed by atoms with van der Waals surface area (Å²) < 4.78 is 5.66. The maximum atomic E-state index is 12.7. The van der Waals surface area contributed by atoms with Gasteiger partial charge in [0.25, 0.3) is 0 Å². The fraction of sp³-hybridized carbons (Fsp3) is 0.130. The molecule has 31 heavy (non-hydrogen) atoms. The SMILES string of the molecule is O=C(O)c1ccc(C(=O)Cc2cnc3c(c2)OCCN3C(=O)Nc2ccccc2)cc1. The number of urea groups is 1. The summed E-state index contributed by atoms with van der Waals surface area (Å²) in [5, 5.41) is 11.8. The Morgan fingerprint density at radius 2 is 1.74 bits per heavy atom. The number of nitrogens with zero attached hydrogens (tertiary/aromatic N) is 2. The van der Waals surface area contributed by atoms with E-state index in [1.165, 1.54) is 29.2 Å². The molecule has 3 aromatic rings. The predicted octanol–water partition coefficient (Wildman–Crippen LogP) is 3.64. The van der Waals surface area contributed by atoms with Crippen LogP contribution in [0.2, 0.25) is 0 Å². The van der Waals surface area contributed by atoms with Crippen LogP contribution in [0.25, 0.3) is 0 Å². The molecule has 2 heterocycles. The van der Waals surface area contributed by atoms with Crippen LogP contribution in [0.1, 0.15) is 26.3 Å². The number of aromatic nitrogens is 1. The van der Waals surface area contributed by atoms with Crippen LogP contribution in [0.4, 0.5) is 16.3 Å². The highest BCUT2D eigenvalue weighted by molar-refractivity contribution is 6.02. The second-order valence-electron chi connectivity index (χ2n) is 6.94. The van der Waals surface area contributed by atoms with E-state index in [2.05, 4.69) is 10.3 Å². The van der Waals surface area contributed by atoms with Crippen molar-refractivity contribution in [2.45, 2.75) is 6.42 Å². The van der Waals surface area contributed by atoms with Crippen LogP contribution < -0.4 is 15.0 Å². The predicted molar refractivity (Wildman–Crippen MR) is 114 cm³/mol. The molecule has 8 nitrogen and oxygen atoms in total. The number of hydrogen-bond donors (Lipinski definition) is 2. The molecule has 2 aromatic carbocycles. The summed E-state index contributed by atoms with van der Waals surface area (Å²) in [6.45, 7) is 0.664. The number of carboxylic acid groups (broad SMARTS) is 1. The molecule has 0 saturated carbocycles. The Morgan fingerprint density at radius 1 is 1.03 bits per heavy atom. The van der Waals surface area contributed by atoms with Crippen molar-refractivity contribution in [1.29, 1.82) is 0 Å². The van der Waals surface area contributed by atoms with Crippen LogP contribution in [-0.2, 0) is 6.42 Å². The number of carbonyl (C=O) groups excluding carboxylic acids is 2. The fourth-order valence-electron chi connectivity index (χ4n) is 3.23. The zero-order chi connectivity index (χ0) is 21.8. The first-order valence-electron chi connectivity index (χ1n) is 9.63. The Labute approximate surface area is 178 Å².